The SMILES string of the molecule is CCCCOc1ccc(C(=O)Nc2sc(CCC)cc2C(=O)OC)cc1. The molecule has 0 aliphatic rings. The maximum absolute atomic E-state index is 12.5. The van der Waals surface area contributed by atoms with Crippen LogP contribution in [0, 0.1) is 0 Å². The number of carbonyl (C=O) groups is 2. The number of methoxy groups -OCH3 is 1. The molecule has 5 nitrogen and oxygen atoms in total. The molecular formula is C20H25NO4S. The van der Waals surface area contributed by atoms with Crippen molar-refractivity contribution < 1.29 is 19.1 Å². The standard InChI is InChI=1S/C20H25NO4S/c1-4-6-12-25-15-10-8-14(9-11-15)18(22)21-19-17(20(23)24-3)13-16(26-19)7-5-2/h8-11,13H,4-7,12H2,1-3H3,(H,21,22). The first-order chi connectivity index (χ1) is 12.6. The number of amides is 1. The highest BCUT2D eigenvalue weighted by molar-refractivity contribution is 7.16. The molecule has 6 heteroatoms. The molecule has 0 saturated carbocycles. The van der Waals surface area contributed by atoms with Gasteiger partial charge in [-0.2, -0.15) is 0 Å². The van der Waals surface area contributed by atoms with Crippen LogP contribution in [0.15, 0.2) is 30.3 Å². The lowest BCUT2D eigenvalue weighted by Crippen LogP contribution is -2.13. The van der Waals surface area contributed by atoms with Gasteiger partial charge in [-0.05, 0) is 43.2 Å². The maximum Gasteiger partial charge on any atom is 0.340 e. The second kappa shape index (κ2) is 9.97. The van der Waals surface area contributed by atoms with Gasteiger partial charge in [0.25, 0.3) is 5.91 Å². The molecule has 140 valence electrons. The summed E-state index contributed by atoms with van der Waals surface area (Å²) in [6, 6.07) is 8.79. The molecule has 1 N–H and O–H groups in total. The largest absolute Gasteiger partial charge is 0.494 e. The third-order valence-electron chi connectivity index (χ3n) is 3.80. The summed E-state index contributed by atoms with van der Waals surface area (Å²) in [6.07, 6.45) is 3.89. The van der Waals surface area contributed by atoms with E-state index >= 15 is 0 Å². The number of unbranched alkanes of at least 4 members (excludes halogenated alkanes) is 1. The van der Waals surface area contributed by atoms with Gasteiger partial charge in [-0.1, -0.05) is 26.7 Å². The Morgan fingerprint density at radius 2 is 1.85 bits per heavy atom. The fourth-order valence-corrected chi connectivity index (χ4v) is 3.52. The molecule has 0 fully saturated rings. The Kier molecular flexibility index (Phi) is 7.66. The van der Waals surface area contributed by atoms with E-state index in [0.29, 0.717) is 22.7 Å². The predicted molar refractivity (Wildman–Crippen MR) is 104 cm³/mol. The lowest BCUT2D eigenvalue weighted by molar-refractivity contribution is 0.0602. The number of anilines is 1. The minimum Gasteiger partial charge on any atom is -0.494 e. The number of nitrogens with one attached hydrogen (secondary N) is 1. The molecule has 1 aromatic carbocycles. The van der Waals surface area contributed by atoms with Gasteiger partial charge >= 0.3 is 5.97 Å². The first kappa shape index (κ1) is 20.0. The third kappa shape index (κ3) is 5.33. The summed E-state index contributed by atoms with van der Waals surface area (Å²) in [7, 11) is 1.34. The second-order valence-electron chi connectivity index (χ2n) is 5.88. The van der Waals surface area contributed by atoms with Gasteiger partial charge in [-0.3, -0.25) is 4.79 Å². The van der Waals surface area contributed by atoms with Crippen LogP contribution < -0.4 is 10.1 Å². The molecule has 1 amide bonds. The van der Waals surface area contributed by atoms with E-state index in [9.17, 15) is 9.59 Å². The van der Waals surface area contributed by atoms with Crippen molar-refractivity contribution in [2.45, 2.75) is 39.5 Å². The van der Waals surface area contributed by atoms with Crippen molar-refractivity contribution in [3.05, 3.63) is 46.3 Å². The molecule has 0 spiro atoms. The molecule has 0 unspecified atom stereocenters. The third-order valence-corrected chi connectivity index (χ3v) is 4.91. The number of hydrogen-bond donors (Lipinski definition) is 1. The van der Waals surface area contributed by atoms with E-state index in [1.165, 1.54) is 18.4 Å². The lowest BCUT2D eigenvalue weighted by atomic mass is 10.2. The van der Waals surface area contributed by atoms with Crippen LogP contribution in [0.25, 0.3) is 0 Å². The van der Waals surface area contributed by atoms with Gasteiger partial charge in [0.2, 0.25) is 0 Å². The summed E-state index contributed by atoms with van der Waals surface area (Å²) in [5, 5.41) is 3.35. The zero-order valence-electron chi connectivity index (χ0n) is 15.5. The predicted octanol–water partition coefficient (Wildman–Crippen LogP) is 4.92. The molecule has 0 aliphatic carbocycles. The molecule has 1 heterocycles. The van der Waals surface area contributed by atoms with Crippen LogP contribution in [0.4, 0.5) is 5.00 Å². The second-order valence-corrected chi connectivity index (χ2v) is 7.01. The Morgan fingerprint density at radius 1 is 1.12 bits per heavy atom. The quantitative estimate of drug-likeness (QED) is 0.499. The fourth-order valence-electron chi connectivity index (χ4n) is 2.38. The van der Waals surface area contributed by atoms with E-state index in [1.807, 2.05) is 0 Å². The molecule has 0 radical (unpaired) electrons. The van der Waals surface area contributed by atoms with Crippen LogP contribution in [0.1, 0.15) is 58.7 Å². The molecule has 2 aromatic rings. The van der Waals surface area contributed by atoms with Crippen molar-refractivity contribution in [2.75, 3.05) is 19.0 Å². The molecule has 26 heavy (non-hydrogen) atoms. The number of rotatable bonds is 9. The zero-order valence-corrected chi connectivity index (χ0v) is 16.3. The number of aryl methyl sites for hydroxylation is 1. The van der Waals surface area contributed by atoms with Crippen molar-refractivity contribution in [3.8, 4) is 5.75 Å². The monoisotopic (exact) mass is 375 g/mol. The van der Waals surface area contributed by atoms with Gasteiger partial charge in [-0.15, -0.1) is 11.3 Å². The molecule has 0 saturated heterocycles. The van der Waals surface area contributed by atoms with Gasteiger partial charge in [0, 0.05) is 10.4 Å². The number of ether oxygens (including phenoxy) is 2. The minimum atomic E-state index is -0.446. The minimum absolute atomic E-state index is 0.264. The molecule has 0 aliphatic heterocycles. The van der Waals surface area contributed by atoms with E-state index in [0.717, 1.165) is 36.3 Å². The maximum atomic E-state index is 12.5. The van der Waals surface area contributed by atoms with Crippen LogP contribution in [0.5, 0.6) is 5.75 Å². The first-order valence-electron chi connectivity index (χ1n) is 8.84. The van der Waals surface area contributed by atoms with E-state index in [4.69, 9.17) is 9.47 Å². The van der Waals surface area contributed by atoms with Crippen molar-refractivity contribution >= 4 is 28.2 Å². The van der Waals surface area contributed by atoms with Crippen LogP contribution >= 0.6 is 11.3 Å². The molecule has 1 aromatic heterocycles. The number of thiophene rings is 1. The highest BCUT2D eigenvalue weighted by atomic mass is 32.1. The van der Waals surface area contributed by atoms with Gasteiger partial charge < -0.3 is 14.8 Å². The Balaban J connectivity index is 2.10. The van der Waals surface area contributed by atoms with Crippen molar-refractivity contribution in [1.82, 2.24) is 0 Å². The summed E-state index contributed by atoms with van der Waals surface area (Å²) in [6.45, 7) is 4.84. The van der Waals surface area contributed by atoms with Crippen molar-refractivity contribution in [3.63, 3.8) is 0 Å². The normalized spacial score (nSPS) is 10.4. The number of carbonyl (C=O) groups excluding carboxylic acids is 2. The zero-order chi connectivity index (χ0) is 18.9. The molecule has 2 rings (SSSR count). The van der Waals surface area contributed by atoms with Crippen molar-refractivity contribution in [1.29, 1.82) is 0 Å². The Hall–Kier alpha value is -2.34. The van der Waals surface area contributed by atoms with Crippen LogP contribution in [0.3, 0.4) is 0 Å². The summed E-state index contributed by atoms with van der Waals surface area (Å²) in [5.74, 6) is 0.0327. The summed E-state index contributed by atoms with van der Waals surface area (Å²) in [5.41, 5.74) is 0.905. The Labute approximate surface area is 158 Å². The van der Waals surface area contributed by atoms with Gasteiger partial charge in [0.15, 0.2) is 0 Å². The van der Waals surface area contributed by atoms with Gasteiger partial charge in [-0.25, -0.2) is 4.79 Å². The lowest BCUT2D eigenvalue weighted by Gasteiger charge is -2.07. The number of benzene rings is 1. The van der Waals surface area contributed by atoms with Gasteiger partial charge in [0.05, 0.1) is 19.3 Å². The summed E-state index contributed by atoms with van der Waals surface area (Å²) in [4.78, 5) is 25.5. The van der Waals surface area contributed by atoms with Crippen molar-refractivity contribution in [2.24, 2.45) is 0 Å². The summed E-state index contributed by atoms with van der Waals surface area (Å²) >= 11 is 1.41. The molecule has 0 bridgehead atoms. The van der Waals surface area contributed by atoms with E-state index in [1.54, 1.807) is 30.3 Å². The number of hydrogen-bond acceptors (Lipinski definition) is 5. The molecule has 0 atom stereocenters. The first-order valence-corrected chi connectivity index (χ1v) is 9.65. The fraction of sp³-hybridized carbons (Fsp3) is 0.400. The smallest absolute Gasteiger partial charge is 0.340 e. The highest BCUT2D eigenvalue weighted by Crippen LogP contribution is 2.30. The Morgan fingerprint density at radius 3 is 2.46 bits per heavy atom. The topological polar surface area (TPSA) is 64.6 Å². The highest BCUT2D eigenvalue weighted by Gasteiger charge is 2.19. The average molecular weight is 375 g/mol. The van der Waals surface area contributed by atoms with E-state index in [2.05, 4.69) is 19.2 Å². The van der Waals surface area contributed by atoms with Crippen LogP contribution in [0.2, 0.25) is 0 Å². The molecular weight excluding hydrogens is 350 g/mol. The summed E-state index contributed by atoms with van der Waals surface area (Å²) < 4.78 is 10.4. The van der Waals surface area contributed by atoms with E-state index < -0.39 is 5.97 Å². The Bertz CT molecular complexity index is 737. The van der Waals surface area contributed by atoms with Crippen LogP contribution in [-0.4, -0.2) is 25.6 Å². The van der Waals surface area contributed by atoms with E-state index in [-0.39, 0.29) is 5.91 Å². The number of esters is 1. The van der Waals surface area contributed by atoms with Gasteiger partial charge in [0.1, 0.15) is 10.8 Å². The van der Waals surface area contributed by atoms with Crippen LogP contribution in [-0.2, 0) is 11.2 Å². The average Bonchev–Trinajstić information content (AvgIpc) is 3.04.